The van der Waals surface area contributed by atoms with Gasteiger partial charge in [0.25, 0.3) is 0 Å². The van der Waals surface area contributed by atoms with Crippen molar-refractivity contribution >= 4 is 44.2 Å². The first-order valence-electron chi connectivity index (χ1n) is 4.63. The van der Waals surface area contributed by atoms with Gasteiger partial charge in [0.15, 0.2) is 11.5 Å². The van der Waals surface area contributed by atoms with E-state index in [0.717, 1.165) is 0 Å². The molecule has 0 unspecified atom stereocenters. The molecule has 0 saturated carbocycles. The van der Waals surface area contributed by atoms with Gasteiger partial charge in [-0.2, -0.15) is 5.10 Å². The SMILES string of the molecule is COC(=O)NN=Cc1cc(OC)c(O)c(Br)c1Br. The number of nitrogens with zero attached hydrogens (tertiary/aromatic N) is 1. The highest BCUT2D eigenvalue weighted by Gasteiger charge is 2.13. The number of nitrogens with one attached hydrogen (secondary N) is 1. The summed E-state index contributed by atoms with van der Waals surface area (Å²) in [6.07, 6.45) is 0.709. The minimum atomic E-state index is -0.674. The van der Waals surface area contributed by atoms with Crippen molar-refractivity contribution in [3.63, 3.8) is 0 Å². The second-order valence-corrected chi connectivity index (χ2v) is 4.59. The number of carbonyl (C=O) groups excluding carboxylic acids is 1. The Morgan fingerprint density at radius 2 is 2.11 bits per heavy atom. The van der Waals surface area contributed by atoms with Crippen LogP contribution in [0.5, 0.6) is 11.5 Å². The van der Waals surface area contributed by atoms with E-state index in [-0.39, 0.29) is 11.5 Å². The van der Waals surface area contributed by atoms with Crippen molar-refractivity contribution in [3.05, 3.63) is 20.6 Å². The molecule has 0 aromatic heterocycles. The van der Waals surface area contributed by atoms with E-state index < -0.39 is 6.09 Å². The molecule has 0 saturated heterocycles. The van der Waals surface area contributed by atoms with Gasteiger partial charge in [0.1, 0.15) is 0 Å². The van der Waals surface area contributed by atoms with Gasteiger partial charge in [0.2, 0.25) is 0 Å². The van der Waals surface area contributed by atoms with Gasteiger partial charge in [0, 0.05) is 10.0 Å². The van der Waals surface area contributed by atoms with E-state index in [4.69, 9.17) is 4.74 Å². The molecule has 0 heterocycles. The Hall–Kier alpha value is -1.28. The summed E-state index contributed by atoms with van der Waals surface area (Å²) in [4.78, 5) is 10.8. The van der Waals surface area contributed by atoms with Gasteiger partial charge in [-0.15, -0.1) is 0 Å². The van der Waals surface area contributed by atoms with E-state index in [0.29, 0.717) is 14.5 Å². The first kappa shape index (κ1) is 14.8. The molecule has 2 N–H and O–H groups in total. The lowest BCUT2D eigenvalue weighted by atomic mass is 10.2. The first-order valence-corrected chi connectivity index (χ1v) is 6.21. The number of hydrogen-bond acceptors (Lipinski definition) is 5. The number of methoxy groups -OCH3 is 2. The summed E-state index contributed by atoms with van der Waals surface area (Å²) in [7, 11) is 2.67. The maximum absolute atomic E-state index is 10.8. The molecule has 0 fully saturated rings. The third-order valence-corrected chi connectivity index (χ3v) is 4.10. The van der Waals surface area contributed by atoms with Crippen molar-refractivity contribution in [2.24, 2.45) is 5.10 Å². The Morgan fingerprint density at radius 1 is 1.44 bits per heavy atom. The number of aromatic hydroxyl groups is 1. The molecule has 0 aliphatic carbocycles. The summed E-state index contributed by atoms with van der Waals surface area (Å²) < 4.78 is 10.4. The maximum Gasteiger partial charge on any atom is 0.427 e. The van der Waals surface area contributed by atoms with Crippen LogP contribution in [0.2, 0.25) is 0 Å². The summed E-state index contributed by atoms with van der Waals surface area (Å²) in [6, 6.07) is 1.56. The number of phenols is 1. The molecular weight excluding hydrogens is 372 g/mol. The standard InChI is InChI=1S/C10H10Br2N2O4/c1-17-6-3-5(4-13-14-10(16)18-2)7(11)8(12)9(6)15/h3-4,15H,1-2H3,(H,14,16). The van der Waals surface area contributed by atoms with Crippen LogP contribution in [0.3, 0.4) is 0 Å². The van der Waals surface area contributed by atoms with Crippen LogP contribution < -0.4 is 10.2 Å². The lowest BCUT2D eigenvalue weighted by Crippen LogP contribution is -2.16. The molecule has 0 aliphatic rings. The number of carbonyl (C=O) groups is 1. The average molecular weight is 382 g/mol. The van der Waals surface area contributed by atoms with Crippen LogP contribution in [-0.4, -0.2) is 31.6 Å². The lowest BCUT2D eigenvalue weighted by molar-refractivity contribution is 0.171. The Bertz CT molecular complexity index is 491. The van der Waals surface area contributed by atoms with Crippen molar-refractivity contribution in [2.45, 2.75) is 0 Å². The number of benzene rings is 1. The fourth-order valence-electron chi connectivity index (χ4n) is 1.06. The molecule has 98 valence electrons. The van der Waals surface area contributed by atoms with E-state index in [1.807, 2.05) is 0 Å². The third-order valence-electron chi connectivity index (χ3n) is 1.94. The van der Waals surface area contributed by atoms with Crippen LogP contribution >= 0.6 is 31.9 Å². The summed E-state index contributed by atoms with van der Waals surface area (Å²) >= 11 is 6.49. The number of phenolic OH excluding ortho intramolecular Hbond substituents is 1. The molecule has 0 bridgehead atoms. The molecule has 0 atom stereocenters. The summed E-state index contributed by atoms with van der Waals surface area (Å²) in [6.45, 7) is 0. The van der Waals surface area contributed by atoms with Gasteiger partial charge in [-0.1, -0.05) is 0 Å². The number of hydrogen-bond donors (Lipinski definition) is 2. The number of ether oxygens (including phenoxy) is 2. The predicted octanol–water partition coefficient (Wildman–Crippen LogP) is 2.62. The van der Waals surface area contributed by atoms with Crippen LogP contribution in [0.1, 0.15) is 5.56 Å². The van der Waals surface area contributed by atoms with Gasteiger partial charge in [-0.25, -0.2) is 10.2 Å². The molecule has 0 radical (unpaired) electrons. The Morgan fingerprint density at radius 3 is 2.67 bits per heavy atom. The van der Waals surface area contributed by atoms with Gasteiger partial charge in [0.05, 0.1) is 24.9 Å². The van der Waals surface area contributed by atoms with Crippen LogP contribution in [0.15, 0.2) is 20.1 Å². The monoisotopic (exact) mass is 380 g/mol. The molecule has 6 nitrogen and oxygen atoms in total. The molecule has 0 spiro atoms. The topological polar surface area (TPSA) is 80.2 Å². The van der Waals surface area contributed by atoms with E-state index in [9.17, 15) is 9.90 Å². The number of amides is 1. The van der Waals surface area contributed by atoms with Crippen LogP contribution in [0.25, 0.3) is 0 Å². The normalized spacial score (nSPS) is 10.4. The molecular formula is C10H10Br2N2O4. The molecule has 1 aromatic carbocycles. The smallest absolute Gasteiger partial charge is 0.427 e. The van der Waals surface area contributed by atoms with Gasteiger partial charge >= 0.3 is 6.09 Å². The summed E-state index contributed by atoms with van der Waals surface area (Å²) in [5.41, 5.74) is 2.75. The highest BCUT2D eigenvalue weighted by Crippen LogP contribution is 2.41. The van der Waals surface area contributed by atoms with Crippen LogP contribution in [-0.2, 0) is 4.74 Å². The first-order chi connectivity index (χ1) is 8.51. The molecule has 1 rings (SSSR count). The molecule has 1 amide bonds. The highest BCUT2D eigenvalue weighted by molar-refractivity contribution is 9.13. The molecule has 1 aromatic rings. The summed E-state index contributed by atoms with van der Waals surface area (Å²) in [5.74, 6) is 0.257. The zero-order valence-electron chi connectivity index (χ0n) is 9.53. The minimum absolute atomic E-state index is 0.0255. The van der Waals surface area contributed by atoms with Crippen molar-refractivity contribution in [1.82, 2.24) is 5.43 Å². The zero-order valence-corrected chi connectivity index (χ0v) is 12.7. The maximum atomic E-state index is 10.8. The van der Waals surface area contributed by atoms with Crippen LogP contribution in [0, 0.1) is 0 Å². The third kappa shape index (κ3) is 3.36. The minimum Gasteiger partial charge on any atom is -0.503 e. The average Bonchev–Trinajstić information content (AvgIpc) is 2.38. The van der Waals surface area contributed by atoms with E-state index >= 15 is 0 Å². The molecule has 8 heteroatoms. The lowest BCUT2D eigenvalue weighted by Gasteiger charge is -2.09. The van der Waals surface area contributed by atoms with Crippen molar-refractivity contribution in [1.29, 1.82) is 0 Å². The Labute approximate surface area is 120 Å². The van der Waals surface area contributed by atoms with Crippen molar-refractivity contribution in [2.75, 3.05) is 14.2 Å². The van der Waals surface area contributed by atoms with E-state index in [2.05, 4.69) is 47.1 Å². The van der Waals surface area contributed by atoms with Crippen molar-refractivity contribution < 1.29 is 19.4 Å². The van der Waals surface area contributed by atoms with Gasteiger partial charge < -0.3 is 14.6 Å². The van der Waals surface area contributed by atoms with E-state index in [1.54, 1.807) is 6.07 Å². The number of halogens is 2. The van der Waals surface area contributed by atoms with Gasteiger partial charge in [-0.05, 0) is 37.9 Å². The van der Waals surface area contributed by atoms with Crippen LogP contribution in [0.4, 0.5) is 4.79 Å². The molecule has 18 heavy (non-hydrogen) atoms. The second kappa shape index (κ2) is 6.60. The van der Waals surface area contributed by atoms with Gasteiger partial charge in [-0.3, -0.25) is 0 Å². The fourth-order valence-corrected chi connectivity index (χ4v) is 1.89. The fraction of sp³-hybridized carbons (Fsp3) is 0.200. The summed E-state index contributed by atoms with van der Waals surface area (Å²) in [5, 5.41) is 13.4. The largest absolute Gasteiger partial charge is 0.503 e. The number of hydrazone groups is 1. The zero-order chi connectivity index (χ0) is 13.7. The predicted molar refractivity (Wildman–Crippen MR) is 73.2 cm³/mol. The molecule has 0 aliphatic heterocycles. The van der Waals surface area contributed by atoms with Crippen molar-refractivity contribution in [3.8, 4) is 11.5 Å². The second-order valence-electron chi connectivity index (χ2n) is 3.01. The Balaban J connectivity index is 3.02. The highest BCUT2D eigenvalue weighted by atomic mass is 79.9. The number of rotatable bonds is 3. The quantitative estimate of drug-likeness (QED) is 0.623. The van der Waals surface area contributed by atoms with E-state index in [1.165, 1.54) is 20.4 Å². The Kier molecular flexibility index (Phi) is 5.42.